The first-order valence-electron chi connectivity index (χ1n) is 11.0. The molecule has 0 heterocycles. The summed E-state index contributed by atoms with van der Waals surface area (Å²) in [5.41, 5.74) is 3.12. The Morgan fingerprint density at radius 3 is 2.29 bits per heavy atom. The molecule has 1 aromatic rings. The number of hydrogen-bond donors (Lipinski definition) is 5. The topological polar surface area (TPSA) is 161 Å². The van der Waals surface area contributed by atoms with E-state index in [1.807, 2.05) is 4.90 Å². The van der Waals surface area contributed by atoms with E-state index in [-0.39, 0.29) is 34.2 Å². The van der Waals surface area contributed by atoms with Crippen LogP contribution in [0.5, 0.6) is 5.75 Å². The number of Topliss-reactive ketones (excluding diaryl/α,β-unsaturated/α-hetero) is 2. The van der Waals surface area contributed by atoms with E-state index >= 15 is 0 Å². The van der Waals surface area contributed by atoms with Gasteiger partial charge in [0.2, 0.25) is 5.78 Å². The zero-order valence-electron chi connectivity index (χ0n) is 19.8. The monoisotopic (exact) mass is 472 g/mol. The van der Waals surface area contributed by atoms with Gasteiger partial charge < -0.3 is 35.5 Å². The van der Waals surface area contributed by atoms with Crippen LogP contribution >= 0.6 is 0 Å². The molecule has 4 atom stereocenters. The van der Waals surface area contributed by atoms with Gasteiger partial charge in [-0.05, 0) is 36.5 Å². The molecule has 10 nitrogen and oxygen atoms in total. The molecule has 4 rings (SSSR count). The van der Waals surface area contributed by atoms with Crippen LogP contribution in [0.4, 0.5) is 5.69 Å². The highest BCUT2D eigenvalue weighted by molar-refractivity contribution is 6.24. The maximum Gasteiger partial charge on any atom is 0.256 e. The van der Waals surface area contributed by atoms with Crippen molar-refractivity contribution >= 4 is 23.2 Å². The number of likely N-dealkylation sites (N-methyl/N-ethyl adjacent to an activating group) is 1. The van der Waals surface area contributed by atoms with Crippen LogP contribution in [0.3, 0.4) is 0 Å². The summed E-state index contributed by atoms with van der Waals surface area (Å²) in [6.07, 6.45) is 0.339. The Labute approximate surface area is 196 Å². The molecule has 0 bridgehead atoms. The van der Waals surface area contributed by atoms with Crippen molar-refractivity contribution in [3.8, 4) is 5.75 Å². The van der Waals surface area contributed by atoms with Gasteiger partial charge in [0.05, 0.1) is 32.6 Å². The van der Waals surface area contributed by atoms with Crippen LogP contribution in [-0.2, 0) is 16.0 Å². The van der Waals surface area contributed by atoms with E-state index in [1.165, 1.54) is 6.07 Å². The summed E-state index contributed by atoms with van der Waals surface area (Å²) in [7, 11) is 8.77. The van der Waals surface area contributed by atoms with Gasteiger partial charge >= 0.3 is 0 Å². The molecule has 3 aliphatic rings. The maximum absolute atomic E-state index is 13.6. The van der Waals surface area contributed by atoms with Crippen LogP contribution in [0.1, 0.15) is 22.3 Å². The highest BCUT2D eigenvalue weighted by Gasteiger charge is 2.65. The number of benzene rings is 1. The molecule has 34 heavy (non-hydrogen) atoms. The van der Waals surface area contributed by atoms with Crippen molar-refractivity contribution in [2.75, 3.05) is 40.1 Å². The summed E-state index contributed by atoms with van der Waals surface area (Å²) < 4.78 is 0.0203. The number of quaternary nitrogens is 1. The van der Waals surface area contributed by atoms with Crippen molar-refractivity contribution in [2.24, 2.45) is 17.6 Å². The average molecular weight is 473 g/mol. The van der Waals surface area contributed by atoms with Crippen molar-refractivity contribution in [3.63, 3.8) is 0 Å². The number of aromatic hydroxyl groups is 1. The Hall–Kier alpha value is -3.37. The van der Waals surface area contributed by atoms with Gasteiger partial charge in [-0.25, -0.2) is 0 Å². The highest BCUT2D eigenvalue weighted by atomic mass is 16.3. The Morgan fingerprint density at radius 2 is 1.76 bits per heavy atom. The lowest BCUT2D eigenvalue weighted by Crippen LogP contribution is -2.67. The SMILES string of the molecule is CN(C)c1ccc(O)c2c1C[C@H]1C[C@H]3[C@H]([N+](C)(C)C)C(O)=C(C(N)=O)C(=O)[C@@]3(O)C(O)=C1C2=O. The standard InChI is InChI=1S/C24H29N3O7/c1-26(2)13-6-7-14(28)16-11(13)8-10-9-12-18(27(3,4)5)20(30)17(23(25)33)22(32)24(12,34)21(31)15(10)19(16)29/h6-7,10,12,18,34H,8-9H2,1-5H3,(H4-,25,28,29,30,31,32,33)/p+1/t10-,12-,18-,24-/m0/s1. The maximum atomic E-state index is 13.6. The van der Waals surface area contributed by atoms with Gasteiger partial charge in [0.1, 0.15) is 17.1 Å². The fourth-order valence-corrected chi connectivity index (χ4v) is 5.96. The van der Waals surface area contributed by atoms with Gasteiger partial charge in [0, 0.05) is 25.4 Å². The molecule has 182 valence electrons. The van der Waals surface area contributed by atoms with Crippen LogP contribution in [-0.4, -0.2) is 89.3 Å². The summed E-state index contributed by atoms with van der Waals surface area (Å²) in [6, 6.07) is 2.12. The number of carbonyl (C=O) groups excluding carboxylic acids is 3. The molecule has 0 saturated carbocycles. The van der Waals surface area contributed by atoms with Crippen LogP contribution in [0.15, 0.2) is 34.8 Å². The number of anilines is 1. The number of aliphatic hydroxyl groups excluding tert-OH is 2. The largest absolute Gasteiger partial charge is 0.508 e. The molecule has 10 heteroatoms. The molecule has 6 N–H and O–H groups in total. The second kappa shape index (κ2) is 7.31. The number of phenols is 1. The van der Waals surface area contributed by atoms with Crippen molar-refractivity contribution in [1.29, 1.82) is 0 Å². The Morgan fingerprint density at radius 1 is 1.15 bits per heavy atom. The second-order valence-corrected chi connectivity index (χ2v) is 10.5. The number of nitrogens with zero attached hydrogens (tertiary/aromatic N) is 2. The van der Waals surface area contributed by atoms with E-state index in [0.29, 0.717) is 5.56 Å². The van der Waals surface area contributed by atoms with Crippen molar-refractivity contribution in [1.82, 2.24) is 0 Å². The quantitative estimate of drug-likeness (QED) is 0.311. The summed E-state index contributed by atoms with van der Waals surface area (Å²) in [5, 5.41) is 44.4. The van der Waals surface area contributed by atoms with Crippen molar-refractivity contribution in [2.45, 2.75) is 24.5 Å². The Kier molecular flexibility index (Phi) is 5.11. The van der Waals surface area contributed by atoms with Gasteiger partial charge in [0.15, 0.2) is 23.2 Å². The molecular formula is C24H30N3O7+. The molecule has 1 aromatic carbocycles. The predicted molar refractivity (Wildman–Crippen MR) is 122 cm³/mol. The first-order valence-corrected chi connectivity index (χ1v) is 11.0. The van der Waals surface area contributed by atoms with Gasteiger partial charge in [-0.2, -0.15) is 0 Å². The van der Waals surface area contributed by atoms with E-state index < -0.39 is 58.0 Å². The molecule has 0 unspecified atom stereocenters. The summed E-state index contributed by atoms with van der Waals surface area (Å²) in [4.78, 5) is 40.8. The minimum absolute atomic E-state index is 0.00553. The normalized spacial score (nSPS) is 28.9. The van der Waals surface area contributed by atoms with Gasteiger partial charge in [0.25, 0.3) is 5.91 Å². The Balaban J connectivity index is 2.00. The number of fused-ring (bicyclic) bond motifs is 3. The smallest absolute Gasteiger partial charge is 0.256 e. The predicted octanol–water partition coefficient (Wildman–Crippen LogP) is 0.331. The molecule has 3 aliphatic carbocycles. The number of allylic oxidation sites excluding steroid dienone is 1. The zero-order valence-corrected chi connectivity index (χ0v) is 19.8. The number of ketones is 2. The molecule has 0 saturated heterocycles. The number of hydrogen-bond acceptors (Lipinski definition) is 8. The van der Waals surface area contributed by atoms with Crippen molar-refractivity contribution < 1.29 is 39.3 Å². The molecule has 0 aliphatic heterocycles. The average Bonchev–Trinajstić information content (AvgIpc) is 2.69. The summed E-state index contributed by atoms with van der Waals surface area (Å²) in [5.74, 6) is -6.44. The Bertz CT molecular complexity index is 1210. The van der Waals surface area contributed by atoms with E-state index in [1.54, 1.807) is 41.3 Å². The first-order chi connectivity index (χ1) is 15.6. The number of nitrogens with two attached hydrogens (primary N) is 1. The van der Waals surface area contributed by atoms with Gasteiger partial charge in [-0.1, -0.05) is 0 Å². The fraction of sp³-hybridized carbons (Fsp3) is 0.458. The highest BCUT2D eigenvalue weighted by Crippen LogP contribution is 2.53. The van der Waals surface area contributed by atoms with E-state index in [0.717, 1.165) is 5.69 Å². The van der Waals surface area contributed by atoms with Crippen LogP contribution < -0.4 is 10.6 Å². The third-order valence-electron chi connectivity index (χ3n) is 7.34. The molecular weight excluding hydrogens is 442 g/mol. The van der Waals surface area contributed by atoms with E-state index in [9.17, 15) is 34.8 Å². The lowest BCUT2D eigenvalue weighted by atomic mass is 9.58. The van der Waals surface area contributed by atoms with Crippen LogP contribution in [0.25, 0.3) is 0 Å². The molecule has 1 amide bonds. The number of carbonyl (C=O) groups is 3. The molecule has 0 spiro atoms. The van der Waals surface area contributed by atoms with Gasteiger partial charge in [-0.3, -0.25) is 14.4 Å². The molecule has 0 radical (unpaired) electrons. The third-order valence-corrected chi connectivity index (χ3v) is 7.34. The zero-order chi connectivity index (χ0) is 25.5. The third kappa shape index (κ3) is 2.98. The number of primary amides is 1. The number of rotatable bonds is 3. The number of phenolic OH excluding ortho intramolecular Hbond substituents is 1. The van der Waals surface area contributed by atoms with E-state index in [4.69, 9.17) is 5.73 Å². The van der Waals surface area contributed by atoms with Crippen molar-refractivity contribution in [3.05, 3.63) is 45.9 Å². The lowest BCUT2D eigenvalue weighted by Gasteiger charge is -2.51. The second-order valence-electron chi connectivity index (χ2n) is 10.5. The lowest BCUT2D eigenvalue weighted by molar-refractivity contribution is -0.897. The fourth-order valence-electron chi connectivity index (χ4n) is 5.96. The number of aliphatic hydroxyl groups is 3. The summed E-state index contributed by atoms with van der Waals surface area (Å²) >= 11 is 0. The van der Waals surface area contributed by atoms with Crippen LogP contribution in [0.2, 0.25) is 0 Å². The minimum atomic E-state index is -2.62. The van der Waals surface area contributed by atoms with Crippen LogP contribution in [0, 0.1) is 11.8 Å². The molecule has 0 fully saturated rings. The first kappa shape index (κ1) is 23.8. The number of amides is 1. The molecule has 0 aromatic heterocycles. The van der Waals surface area contributed by atoms with Gasteiger partial charge in [-0.15, -0.1) is 0 Å². The summed E-state index contributed by atoms with van der Waals surface area (Å²) in [6.45, 7) is 0. The van der Waals surface area contributed by atoms with E-state index in [2.05, 4.69) is 0 Å². The minimum Gasteiger partial charge on any atom is -0.508 e.